The average molecular weight is 484 g/mol. The van der Waals surface area contributed by atoms with Gasteiger partial charge in [-0.05, 0) is 41.0 Å². The molecule has 2 aromatic carbocycles. The molecule has 1 saturated heterocycles. The fourth-order valence-corrected chi connectivity index (χ4v) is 5.36. The lowest BCUT2D eigenvalue weighted by Crippen LogP contribution is -2.48. The molecule has 2 aromatic rings. The van der Waals surface area contributed by atoms with Crippen molar-refractivity contribution in [3.63, 3.8) is 0 Å². The zero-order valence-electron chi connectivity index (χ0n) is 20.4. The van der Waals surface area contributed by atoms with Crippen molar-refractivity contribution in [1.82, 2.24) is 5.06 Å². The molecule has 1 aliphatic carbocycles. The molecule has 0 radical (unpaired) electrons. The zero-order chi connectivity index (χ0) is 25.0. The van der Waals surface area contributed by atoms with E-state index in [0.29, 0.717) is 19.4 Å². The first-order chi connectivity index (χ1) is 16.9. The predicted molar refractivity (Wildman–Crippen MR) is 129 cm³/mol. The van der Waals surface area contributed by atoms with Crippen molar-refractivity contribution >= 4 is 12.1 Å². The zero-order valence-corrected chi connectivity index (χ0v) is 20.4. The van der Waals surface area contributed by atoms with Crippen molar-refractivity contribution in [1.29, 1.82) is 0 Å². The lowest BCUT2D eigenvalue weighted by molar-refractivity contribution is -0.186. The van der Waals surface area contributed by atoms with Gasteiger partial charge in [0.05, 0.1) is 12.1 Å². The second-order valence-electron chi connectivity index (χ2n) is 9.62. The van der Waals surface area contributed by atoms with Crippen LogP contribution in [0.3, 0.4) is 0 Å². The standard InChI is InChI=1S/C27H33NO7/c1-18(2)14-27(12-13-33-17-32-3)15-24(25(29)30)35-28(27)26(31)34-16-23-21-10-6-4-8-19(21)20-9-5-7-11-22(20)23/h4-11,18,23-24H,12-17H2,1-3H3,(H,29,30)/t24-,27-/m1/s1. The topological polar surface area (TPSA) is 94.5 Å². The number of hydrogen-bond donors (Lipinski definition) is 1. The molecule has 35 heavy (non-hydrogen) atoms. The Hall–Kier alpha value is -2.94. The maximum Gasteiger partial charge on any atom is 0.434 e. The van der Waals surface area contributed by atoms with Crippen LogP contribution in [0.15, 0.2) is 48.5 Å². The number of aliphatic carboxylic acids is 1. The van der Waals surface area contributed by atoms with Gasteiger partial charge in [0.25, 0.3) is 0 Å². The van der Waals surface area contributed by atoms with Crippen molar-refractivity contribution < 1.29 is 33.7 Å². The van der Waals surface area contributed by atoms with Crippen molar-refractivity contribution in [2.75, 3.05) is 27.1 Å². The number of fused-ring (bicyclic) bond motifs is 3. The van der Waals surface area contributed by atoms with Crippen LogP contribution >= 0.6 is 0 Å². The van der Waals surface area contributed by atoms with E-state index in [4.69, 9.17) is 19.0 Å². The Morgan fingerprint density at radius 1 is 1.11 bits per heavy atom. The number of hydroxylamine groups is 2. The molecule has 2 aliphatic rings. The Morgan fingerprint density at radius 3 is 2.31 bits per heavy atom. The number of carbonyl (C=O) groups is 2. The Balaban J connectivity index is 1.55. The van der Waals surface area contributed by atoms with Crippen molar-refractivity contribution in [3.05, 3.63) is 59.7 Å². The Morgan fingerprint density at radius 2 is 1.74 bits per heavy atom. The third-order valence-corrected chi connectivity index (χ3v) is 6.71. The quantitative estimate of drug-likeness (QED) is 0.382. The first-order valence-corrected chi connectivity index (χ1v) is 12.0. The highest BCUT2D eigenvalue weighted by molar-refractivity contribution is 5.79. The third-order valence-electron chi connectivity index (χ3n) is 6.71. The summed E-state index contributed by atoms with van der Waals surface area (Å²) in [5, 5.41) is 10.8. The van der Waals surface area contributed by atoms with E-state index in [9.17, 15) is 14.7 Å². The summed E-state index contributed by atoms with van der Waals surface area (Å²) >= 11 is 0. The Kier molecular flexibility index (Phi) is 7.74. The normalized spacial score (nSPS) is 21.3. The molecule has 8 nitrogen and oxygen atoms in total. The average Bonchev–Trinajstić information content (AvgIpc) is 3.37. The van der Waals surface area contributed by atoms with Crippen LogP contribution in [0.5, 0.6) is 0 Å². The minimum absolute atomic E-state index is 0.103. The van der Waals surface area contributed by atoms with Crippen LogP contribution in [0.2, 0.25) is 0 Å². The monoisotopic (exact) mass is 483 g/mol. The summed E-state index contributed by atoms with van der Waals surface area (Å²) in [7, 11) is 1.53. The predicted octanol–water partition coefficient (Wildman–Crippen LogP) is 4.82. The number of ether oxygens (including phenoxy) is 3. The van der Waals surface area contributed by atoms with Crippen LogP contribution in [-0.4, -0.2) is 61.0 Å². The molecule has 0 aromatic heterocycles. The molecule has 4 rings (SSSR count). The largest absolute Gasteiger partial charge is 0.479 e. The number of carboxylic acid groups (broad SMARTS) is 1. The van der Waals surface area contributed by atoms with Gasteiger partial charge in [-0.25, -0.2) is 9.59 Å². The maximum atomic E-state index is 13.4. The van der Waals surface area contributed by atoms with E-state index >= 15 is 0 Å². The van der Waals surface area contributed by atoms with Gasteiger partial charge in [-0.2, -0.15) is 5.06 Å². The number of nitrogens with zero attached hydrogens (tertiary/aromatic N) is 1. The Labute approximate surface area is 205 Å². The number of amides is 1. The lowest BCUT2D eigenvalue weighted by atomic mass is 9.82. The number of rotatable bonds is 10. The van der Waals surface area contributed by atoms with E-state index in [0.717, 1.165) is 27.3 Å². The van der Waals surface area contributed by atoms with Gasteiger partial charge in [0.1, 0.15) is 13.4 Å². The number of methoxy groups -OCH3 is 1. The number of benzene rings is 2. The molecule has 1 amide bonds. The molecule has 1 fully saturated rings. The minimum Gasteiger partial charge on any atom is -0.479 e. The molecule has 1 aliphatic heterocycles. The summed E-state index contributed by atoms with van der Waals surface area (Å²) in [6.07, 6.45) is -0.680. The second kappa shape index (κ2) is 10.8. The first-order valence-electron chi connectivity index (χ1n) is 12.0. The first kappa shape index (κ1) is 25.2. The third kappa shape index (κ3) is 5.19. The van der Waals surface area contributed by atoms with E-state index in [1.54, 1.807) is 0 Å². The van der Waals surface area contributed by atoms with Gasteiger partial charge in [0.15, 0.2) is 6.10 Å². The van der Waals surface area contributed by atoms with E-state index in [2.05, 4.69) is 24.3 Å². The molecule has 0 spiro atoms. The fourth-order valence-electron chi connectivity index (χ4n) is 5.36. The van der Waals surface area contributed by atoms with Crippen LogP contribution in [0.4, 0.5) is 4.79 Å². The molecular weight excluding hydrogens is 450 g/mol. The maximum absolute atomic E-state index is 13.4. The fraction of sp³-hybridized carbons (Fsp3) is 0.481. The number of hydrogen-bond acceptors (Lipinski definition) is 6. The summed E-state index contributed by atoms with van der Waals surface area (Å²) in [4.78, 5) is 30.9. The lowest BCUT2D eigenvalue weighted by Gasteiger charge is -2.36. The molecule has 1 N–H and O–H groups in total. The second-order valence-corrected chi connectivity index (χ2v) is 9.62. The van der Waals surface area contributed by atoms with Gasteiger partial charge in [-0.3, -0.25) is 4.84 Å². The molecule has 2 atom stereocenters. The van der Waals surface area contributed by atoms with Crippen molar-refractivity contribution in [2.24, 2.45) is 5.92 Å². The Bertz CT molecular complexity index is 1010. The van der Waals surface area contributed by atoms with Crippen LogP contribution < -0.4 is 0 Å². The van der Waals surface area contributed by atoms with E-state index in [-0.39, 0.29) is 31.7 Å². The van der Waals surface area contributed by atoms with Gasteiger partial charge < -0.3 is 19.3 Å². The summed E-state index contributed by atoms with van der Waals surface area (Å²) in [6.45, 7) is 4.60. The van der Waals surface area contributed by atoms with Gasteiger partial charge in [-0.1, -0.05) is 62.4 Å². The molecule has 0 unspecified atom stereocenters. The molecule has 0 saturated carbocycles. The van der Waals surface area contributed by atoms with Crippen LogP contribution in [0, 0.1) is 5.92 Å². The van der Waals surface area contributed by atoms with Crippen molar-refractivity contribution in [3.8, 4) is 11.1 Å². The highest BCUT2D eigenvalue weighted by atomic mass is 16.8. The summed E-state index contributed by atoms with van der Waals surface area (Å²) in [6, 6.07) is 16.2. The van der Waals surface area contributed by atoms with Crippen LogP contribution in [0.1, 0.15) is 50.2 Å². The van der Waals surface area contributed by atoms with Gasteiger partial charge in [-0.15, -0.1) is 0 Å². The minimum atomic E-state index is -1.13. The molecule has 8 heteroatoms. The van der Waals surface area contributed by atoms with E-state index in [1.807, 2.05) is 38.1 Å². The van der Waals surface area contributed by atoms with Crippen LogP contribution in [-0.2, 0) is 23.8 Å². The van der Waals surface area contributed by atoms with Gasteiger partial charge in [0.2, 0.25) is 0 Å². The molecule has 1 heterocycles. The van der Waals surface area contributed by atoms with Crippen LogP contribution in [0.25, 0.3) is 11.1 Å². The number of carboxylic acids is 1. The summed E-state index contributed by atoms with van der Waals surface area (Å²) < 4.78 is 16.3. The van der Waals surface area contributed by atoms with E-state index in [1.165, 1.54) is 7.11 Å². The number of carbonyl (C=O) groups excluding carboxylic acids is 1. The highest BCUT2D eigenvalue weighted by Gasteiger charge is 2.53. The van der Waals surface area contributed by atoms with Gasteiger partial charge >= 0.3 is 12.1 Å². The highest BCUT2D eigenvalue weighted by Crippen LogP contribution is 2.45. The van der Waals surface area contributed by atoms with Gasteiger partial charge in [0, 0.05) is 19.4 Å². The molecule has 188 valence electrons. The molecule has 0 bridgehead atoms. The van der Waals surface area contributed by atoms with E-state index < -0.39 is 23.7 Å². The van der Waals surface area contributed by atoms with Crippen molar-refractivity contribution in [2.45, 2.75) is 50.7 Å². The smallest absolute Gasteiger partial charge is 0.434 e. The SMILES string of the molecule is COCOCC[C@@]1(CC(C)C)C[C@H](C(=O)O)ON1C(=O)OCC1c2ccccc2-c2ccccc21. The summed E-state index contributed by atoms with van der Waals surface area (Å²) in [5.74, 6) is -1.02. The molecular formula is C27H33NO7. The summed E-state index contributed by atoms with van der Waals surface area (Å²) in [5.41, 5.74) is 3.63.